The Hall–Kier alpha value is -2.96. The summed E-state index contributed by atoms with van der Waals surface area (Å²) in [6, 6.07) is 17.1. The largest absolute Gasteiger partial charge is 0.491 e. The molecule has 0 radical (unpaired) electrons. The van der Waals surface area contributed by atoms with E-state index in [2.05, 4.69) is 16.9 Å². The van der Waals surface area contributed by atoms with Crippen molar-refractivity contribution in [3.8, 4) is 11.4 Å². The molecule has 0 bridgehead atoms. The molecule has 30 heavy (non-hydrogen) atoms. The quantitative estimate of drug-likeness (QED) is 0.550. The maximum absolute atomic E-state index is 11.5. The van der Waals surface area contributed by atoms with Crippen LogP contribution in [0.2, 0.25) is 0 Å². The number of ketones is 1. The summed E-state index contributed by atoms with van der Waals surface area (Å²) < 4.78 is 7.63. The van der Waals surface area contributed by atoms with Gasteiger partial charge in [-0.1, -0.05) is 30.3 Å². The van der Waals surface area contributed by atoms with Gasteiger partial charge < -0.3 is 9.84 Å². The van der Waals surface area contributed by atoms with Gasteiger partial charge in [0.15, 0.2) is 5.78 Å². The zero-order valence-electron chi connectivity index (χ0n) is 18.0. The van der Waals surface area contributed by atoms with E-state index in [0.29, 0.717) is 24.4 Å². The third-order valence-electron chi connectivity index (χ3n) is 5.08. The fourth-order valence-corrected chi connectivity index (χ4v) is 3.47. The average Bonchev–Trinajstić information content (AvgIpc) is 3.01. The number of nitrogens with zero attached hydrogens (tertiary/aromatic N) is 3. The number of ether oxygens (including phenoxy) is 1. The van der Waals surface area contributed by atoms with Crippen LogP contribution in [0.15, 0.2) is 54.6 Å². The van der Waals surface area contributed by atoms with Gasteiger partial charge in [0.05, 0.1) is 11.4 Å². The number of aliphatic hydroxyl groups excluding tert-OH is 1. The Balaban J connectivity index is 1.58. The van der Waals surface area contributed by atoms with Crippen molar-refractivity contribution >= 4 is 5.78 Å². The molecule has 6 heteroatoms. The number of benzene rings is 2. The van der Waals surface area contributed by atoms with Gasteiger partial charge in [-0.2, -0.15) is 5.10 Å². The molecular weight excluding hydrogens is 378 g/mol. The molecule has 1 unspecified atom stereocenters. The second kappa shape index (κ2) is 9.69. The summed E-state index contributed by atoms with van der Waals surface area (Å²) in [6.45, 7) is 6.90. The first-order valence-corrected chi connectivity index (χ1v) is 10.1. The maximum Gasteiger partial charge on any atom is 0.159 e. The smallest absolute Gasteiger partial charge is 0.159 e. The fourth-order valence-electron chi connectivity index (χ4n) is 3.47. The molecule has 0 amide bonds. The second-order valence-electron chi connectivity index (χ2n) is 7.64. The van der Waals surface area contributed by atoms with Crippen molar-refractivity contribution in [1.82, 2.24) is 14.7 Å². The summed E-state index contributed by atoms with van der Waals surface area (Å²) in [6.07, 6.45) is -0.652. The van der Waals surface area contributed by atoms with Crippen LogP contribution in [0.4, 0.5) is 0 Å². The van der Waals surface area contributed by atoms with Crippen molar-refractivity contribution in [1.29, 1.82) is 0 Å². The Morgan fingerprint density at radius 1 is 1.17 bits per heavy atom. The number of aliphatic hydroxyl groups is 1. The Kier molecular flexibility index (Phi) is 7.03. The molecule has 0 saturated heterocycles. The summed E-state index contributed by atoms with van der Waals surface area (Å²) in [5, 5.41) is 15.1. The van der Waals surface area contributed by atoms with Gasteiger partial charge in [0, 0.05) is 29.9 Å². The molecular formula is C24H29N3O3. The first kappa shape index (κ1) is 21.7. The lowest BCUT2D eigenvalue weighted by Crippen LogP contribution is -2.33. The topological polar surface area (TPSA) is 67.6 Å². The van der Waals surface area contributed by atoms with E-state index in [-0.39, 0.29) is 12.4 Å². The SMILES string of the molecule is CC(=O)c1cccc(OCC(O)CN(C)Cc2c(C)nn(-c3ccccc3)c2C)c1. The van der Waals surface area contributed by atoms with E-state index in [1.54, 1.807) is 24.3 Å². The molecule has 3 rings (SSSR count). The van der Waals surface area contributed by atoms with E-state index in [1.807, 2.05) is 49.0 Å². The van der Waals surface area contributed by atoms with Crippen molar-refractivity contribution in [3.05, 3.63) is 77.1 Å². The second-order valence-corrected chi connectivity index (χ2v) is 7.64. The van der Waals surface area contributed by atoms with Gasteiger partial charge in [0.1, 0.15) is 18.5 Å². The lowest BCUT2D eigenvalue weighted by atomic mass is 10.1. The summed E-state index contributed by atoms with van der Waals surface area (Å²) >= 11 is 0. The number of hydrogen-bond donors (Lipinski definition) is 1. The molecule has 6 nitrogen and oxygen atoms in total. The Labute approximate surface area is 177 Å². The first-order chi connectivity index (χ1) is 14.3. The number of aryl methyl sites for hydroxylation is 1. The number of para-hydroxylation sites is 1. The van der Waals surface area contributed by atoms with Crippen molar-refractivity contribution in [2.45, 2.75) is 33.4 Å². The van der Waals surface area contributed by atoms with Crippen molar-refractivity contribution in [2.24, 2.45) is 0 Å². The summed E-state index contributed by atoms with van der Waals surface area (Å²) in [7, 11) is 1.97. The number of carbonyl (C=O) groups is 1. The van der Waals surface area contributed by atoms with E-state index < -0.39 is 6.10 Å². The third-order valence-corrected chi connectivity index (χ3v) is 5.08. The minimum Gasteiger partial charge on any atom is -0.491 e. The van der Waals surface area contributed by atoms with Crippen LogP contribution in [0.5, 0.6) is 5.75 Å². The van der Waals surface area contributed by atoms with Gasteiger partial charge in [-0.25, -0.2) is 4.68 Å². The molecule has 3 aromatic rings. The Bertz CT molecular complexity index is 998. The molecule has 0 aliphatic carbocycles. The van der Waals surface area contributed by atoms with Crippen molar-refractivity contribution in [3.63, 3.8) is 0 Å². The predicted octanol–water partition coefficient (Wildman–Crippen LogP) is 3.56. The van der Waals surface area contributed by atoms with Crippen LogP contribution in [0, 0.1) is 13.8 Å². The van der Waals surface area contributed by atoms with Crippen molar-refractivity contribution < 1.29 is 14.6 Å². The van der Waals surface area contributed by atoms with Gasteiger partial charge in [-0.3, -0.25) is 9.69 Å². The monoisotopic (exact) mass is 407 g/mol. The molecule has 0 saturated carbocycles. The fraction of sp³-hybridized carbons (Fsp3) is 0.333. The zero-order chi connectivity index (χ0) is 21.7. The summed E-state index contributed by atoms with van der Waals surface area (Å²) in [5.41, 5.74) is 4.87. The van der Waals surface area contributed by atoms with Crippen LogP contribution in [-0.2, 0) is 6.54 Å². The van der Waals surface area contributed by atoms with Crippen LogP contribution < -0.4 is 4.74 Å². The number of aromatic nitrogens is 2. The minimum atomic E-state index is -0.652. The molecule has 1 heterocycles. The lowest BCUT2D eigenvalue weighted by Gasteiger charge is -2.21. The average molecular weight is 408 g/mol. The molecule has 1 aromatic heterocycles. The Morgan fingerprint density at radius 3 is 2.60 bits per heavy atom. The molecule has 0 aliphatic heterocycles. The number of hydrogen-bond acceptors (Lipinski definition) is 5. The van der Waals surface area contributed by atoms with Gasteiger partial charge in [-0.05, 0) is 52.1 Å². The van der Waals surface area contributed by atoms with E-state index in [9.17, 15) is 9.90 Å². The number of likely N-dealkylation sites (N-methyl/N-ethyl adjacent to an activating group) is 1. The van der Waals surface area contributed by atoms with Gasteiger partial charge in [0.2, 0.25) is 0 Å². The van der Waals surface area contributed by atoms with Gasteiger partial charge >= 0.3 is 0 Å². The molecule has 0 fully saturated rings. The van der Waals surface area contributed by atoms with E-state index in [4.69, 9.17) is 4.74 Å². The van der Waals surface area contributed by atoms with E-state index in [1.165, 1.54) is 6.92 Å². The molecule has 0 aliphatic rings. The molecule has 0 spiro atoms. The van der Waals surface area contributed by atoms with Crippen LogP contribution in [0.1, 0.15) is 34.2 Å². The molecule has 1 atom stereocenters. The Morgan fingerprint density at radius 2 is 1.90 bits per heavy atom. The third kappa shape index (κ3) is 5.34. The molecule has 1 N–H and O–H groups in total. The predicted molar refractivity (Wildman–Crippen MR) is 117 cm³/mol. The summed E-state index contributed by atoms with van der Waals surface area (Å²) in [4.78, 5) is 13.5. The van der Waals surface area contributed by atoms with E-state index >= 15 is 0 Å². The zero-order valence-corrected chi connectivity index (χ0v) is 18.0. The van der Waals surface area contributed by atoms with Crippen LogP contribution >= 0.6 is 0 Å². The standard InChI is InChI=1S/C24H29N3O3/c1-17-24(18(2)27(25-17)21-10-6-5-7-11-21)15-26(4)14-22(29)16-30-23-12-8-9-20(13-23)19(3)28/h5-13,22,29H,14-16H2,1-4H3. The van der Waals surface area contributed by atoms with Crippen molar-refractivity contribution in [2.75, 3.05) is 20.2 Å². The van der Waals surface area contributed by atoms with Gasteiger partial charge in [0.25, 0.3) is 0 Å². The first-order valence-electron chi connectivity index (χ1n) is 10.1. The van der Waals surface area contributed by atoms with Gasteiger partial charge in [-0.15, -0.1) is 0 Å². The highest BCUT2D eigenvalue weighted by Gasteiger charge is 2.16. The summed E-state index contributed by atoms with van der Waals surface area (Å²) in [5.74, 6) is 0.572. The highest BCUT2D eigenvalue weighted by Crippen LogP contribution is 2.19. The minimum absolute atomic E-state index is 0.0116. The number of rotatable bonds is 9. The normalized spacial score (nSPS) is 12.2. The maximum atomic E-state index is 11.5. The number of Topliss-reactive ketones (excluding diaryl/α,β-unsaturated/α-hetero) is 1. The highest BCUT2D eigenvalue weighted by molar-refractivity contribution is 5.94. The van der Waals surface area contributed by atoms with E-state index in [0.717, 1.165) is 22.6 Å². The lowest BCUT2D eigenvalue weighted by molar-refractivity contribution is 0.0742. The molecule has 2 aromatic carbocycles. The highest BCUT2D eigenvalue weighted by atomic mass is 16.5. The van der Waals surface area contributed by atoms with Crippen LogP contribution in [0.3, 0.4) is 0 Å². The van der Waals surface area contributed by atoms with Crippen LogP contribution in [-0.4, -0.2) is 51.9 Å². The molecule has 158 valence electrons. The van der Waals surface area contributed by atoms with Crippen LogP contribution in [0.25, 0.3) is 5.69 Å². The number of carbonyl (C=O) groups excluding carboxylic acids is 1.